The van der Waals surface area contributed by atoms with Crippen LogP contribution < -0.4 is 4.74 Å². The number of hydrogen-bond acceptors (Lipinski definition) is 5. The van der Waals surface area contributed by atoms with Gasteiger partial charge in [0.1, 0.15) is 12.4 Å². The number of rotatable bonds is 8. The number of hydrogen-bond donors (Lipinski definition) is 2. The van der Waals surface area contributed by atoms with Crippen molar-refractivity contribution >= 4 is 16.9 Å². The molecule has 2 rings (SSSR count). The lowest BCUT2D eigenvalue weighted by Gasteiger charge is -2.10. The molecule has 0 radical (unpaired) electrons. The number of aliphatic hydroxyl groups is 1. The maximum Gasteiger partial charge on any atom is 0.337 e. The highest BCUT2D eigenvalue weighted by molar-refractivity contribution is 5.91. The van der Waals surface area contributed by atoms with Crippen LogP contribution in [0, 0.1) is 0 Å². The molecule has 0 spiro atoms. The lowest BCUT2D eigenvalue weighted by atomic mass is 10.1. The molecule has 22 heavy (non-hydrogen) atoms. The van der Waals surface area contributed by atoms with E-state index in [1.54, 1.807) is 6.07 Å². The van der Waals surface area contributed by atoms with Gasteiger partial charge in [-0.05, 0) is 38.2 Å². The highest BCUT2D eigenvalue weighted by atomic mass is 16.6. The molecule has 0 fully saturated rings. The monoisotopic (exact) mass is 306 g/mol. The zero-order chi connectivity index (χ0) is 15.9. The fourth-order valence-corrected chi connectivity index (χ4v) is 2.22. The first-order chi connectivity index (χ1) is 10.6. The van der Waals surface area contributed by atoms with Crippen LogP contribution in [0.4, 0.5) is 0 Å². The molecule has 0 aliphatic rings. The summed E-state index contributed by atoms with van der Waals surface area (Å²) < 4.78 is 10.4. The fourth-order valence-electron chi connectivity index (χ4n) is 2.22. The van der Waals surface area contributed by atoms with Crippen molar-refractivity contribution in [3.05, 3.63) is 30.0 Å². The first-order valence-electron chi connectivity index (χ1n) is 7.25. The number of aliphatic hydroxyl groups excluding tert-OH is 1. The minimum atomic E-state index is -0.472. The molecule has 1 aromatic heterocycles. The third kappa shape index (κ3) is 4.30. The van der Waals surface area contributed by atoms with E-state index in [0.29, 0.717) is 5.75 Å². The number of aromatic amines is 1. The minimum Gasteiger partial charge on any atom is -0.424 e. The molecule has 120 valence electrons. The third-order valence-electron chi connectivity index (χ3n) is 3.26. The number of likely N-dealkylation sites (N-methyl/N-ethyl adjacent to an activating group) is 1. The van der Waals surface area contributed by atoms with Gasteiger partial charge in [0, 0.05) is 23.6 Å². The van der Waals surface area contributed by atoms with E-state index in [4.69, 9.17) is 14.6 Å². The van der Waals surface area contributed by atoms with Gasteiger partial charge in [-0.25, -0.2) is 4.79 Å². The fraction of sp³-hybridized carbons (Fsp3) is 0.438. The van der Waals surface area contributed by atoms with Gasteiger partial charge in [-0.2, -0.15) is 0 Å². The van der Waals surface area contributed by atoms with Gasteiger partial charge < -0.3 is 24.5 Å². The molecule has 0 atom stereocenters. The van der Waals surface area contributed by atoms with Crippen molar-refractivity contribution in [3.8, 4) is 5.75 Å². The number of benzene rings is 1. The topological polar surface area (TPSA) is 74.8 Å². The maximum absolute atomic E-state index is 11.8. The van der Waals surface area contributed by atoms with Crippen LogP contribution in [-0.4, -0.2) is 61.4 Å². The Bertz CT molecular complexity index is 622. The van der Waals surface area contributed by atoms with Crippen LogP contribution in [0.15, 0.2) is 24.4 Å². The first-order valence-corrected chi connectivity index (χ1v) is 7.25. The normalized spacial score (nSPS) is 11.3. The first kappa shape index (κ1) is 16.5. The molecule has 0 saturated carbocycles. The second-order valence-corrected chi connectivity index (χ2v) is 5.30. The zero-order valence-electron chi connectivity index (χ0n) is 13.0. The Morgan fingerprint density at radius 1 is 1.36 bits per heavy atom. The second kappa shape index (κ2) is 7.93. The van der Waals surface area contributed by atoms with Crippen LogP contribution in [0.2, 0.25) is 0 Å². The van der Waals surface area contributed by atoms with E-state index in [-0.39, 0.29) is 19.8 Å². The van der Waals surface area contributed by atoms with E-state index < -0.39 is 5.97 Å². The Morgan fingerprint density at radius 3 is 2.91 bits per heavy atom. The number of H-pyrrole nitrogens is 1. The maximum atomic E-state index is 11.8. The number of aromatic nitrogens is 1. The van der Waals surface area contributed by atoms with Crippen molar-refractivity contribution in [2.45, 2.75) is 6.42 Å². The summed E-state index contributed by atoms with van der Waals surface area (Å²) in [6.45, 7) is 0.746. The van der Waals surface area contributed by atoms with Crippen molar-refractivity contribution in [1.82, 2.24) is 9.88 Å². The van der Waals surface area contributed by atoms with Crippen molar-refractivity contribution in [1.29, 1.82) is 0 Å². The van der Waals surface area contributed by atoms with Gasteiger partial charge in [0.05, 0.1) is 13.2 Å². The van der Waals surface area contributed by atoms with Crippen molar-refractivity contribution < 1.29 is 19.4 Å². The molecule has 6 heteroatoms. The molecule has 0 saturated heterocycles. The number of esters is 1. The lowest BCUT2D eigenvalue weighted by Crippen LogP contribution is -2.17. The van der Waals surface area contributed by atoms with E-state index in [1.165, 1.54) is 0 Å². The van der Waals surface area contributed by atoms with Crippen molar-refractivity contribution in [2.24, 2.45) is 0 Å². The van der Waals surface area contributed by atoms with Gasteiger partial charge in [-0.15, -0.1) is 0 Å². The predicted molar refractivity (Wildman–Crippen MR) is 84.1 cm³/mol. The lowest BCUT2D eigenvalue weighted by molar-refractivity contribution is -0.139. The third-order valence-corrected chi connectivity index (χ3v) is 3.26. The molecule has 0 aliphatic carbocycles. The quantitative estimate of drug-likeness (QED) is 0.435. The highest BCUT2D eigenvalue weighted by Gasteiger charge is 2.13. The SMILES string of the molecule is CN(C)CCc1c[nH]c2cccc(OC(=O)COCCO)c12. The average Bonchev–Trinajstić information content (AvgIpc) is 2.89. The molecule has 2 N–H and O–H groups in total. The minimum absolute atomic E-state index is 0.116. The van der Waals surface area contributed by atoms with Crippen LogP contribution in [0.1, 0.15) is 5.56 Å². The van der Waals surface area contributed by atoms with E-state index in [1.807, 2.05) is 32.4 Å². The van der Waals surface area contributed by atoms with Gasteiger partial charge in [0.15, 0.2) is 0 Å². The molecule has 1 aromatic carbocycles. The van der Waals surface area contributed by atoms with Gasteiger partial charge in [-0.1, -0.05) is 6.07 Å². The summed E-state index contributed by atoms with van der Waals surface area (Å²) in [4.78, 5) is 17.1. The second-order valence-electron chi connectivity index (χ2n) is 5.30. The average molecular weight is 306 g/mol. The number of carbonyl (C=O) groups excluding carboxylic acids is 1. The standard InChI is InChI=1S/C16H22N2O4/c1-18(2)7-6-12-10-17-13-4-3-5-14(16(12)13)22-15(20)11-21-9-8-19/h3-5,10,17,19H,6-9,11H2,1-2H3. The molecular formula is C16H22N2O4. The smallest absolute Gasteiger partial charge is 0.337 e. The predicted octanol–water partition coefficient (Wildman–Crippen LogP) is 1.19. The summed E-state index contributed by atoms with van der Waals surface area (Å²) in [7, 11) is 4.04. The molecule has 0 bridgehead atoms. The summed E-state index contributed by atoms with van der Waals surface area (Å²) in [6.07, 6.45) is 2.82. The Hall–Kier alpha value is -1.89. The zero-order valence-corrected chi connectivity index (χ0v) is 13.0. The molecule has 1 heterocycles. The van der Waals surface area contributed by atoms with E-state index >= 15 is 0 Å². The Labute approximate surface area is 129 Å². The summed E-state index contributed by atoms with van der Waals surface area (Å²) in [5, 5.41) is 9.57. The van der Waals surface area contributed by atoms with Gasteiger partial charge in [0.2, 0.25) is 0 Å². The Morgan fingerprint density at radius 2 is 2.18 bits per heavy atom. The van der Waals surface area contributed by atoms with Crippen LogP contribution in [0.3, 0.4) is 0 Å². The number of carbonyl (C=O) groups is 1. The molecule has 0 amide bonds. The molecule has 6 nitrogen and oxygen atoms in total. The van der Waals surface area contributed by atoms with Crippen molar-refractivity contribution in [2.75, 3.05) is 40.5 Å². The molecule has 0 unspecified atom stereocenters. The Balaban J connectivity index is 2.14. The highest BCUT2D eigenvalue weighted by Crippen LogP contribution is 2.29. The number of nitrogens with one attached hydrogen (secondary N) is 1. The molecular weight excluding hydrogens is 284 g/mol. The van der Waals surface area contributed by atoms with Gasteiger partial charge in [0.25, 0.3) is 0 Å². The van der Waals surface area contributed by atoms with Gasteiger partial charge in [-0.3, -0.25) is 0 Å². The number of nitrogens with zero attached hydrogens (tertiary/aromatic N) is 1. The van der Waals surface area contributed by atoms with Crippen LogP contribution in [0.25, 0.3) is 10.9 Å². The summed E-state index contributed by atoms with van der Waals surface area (Å²) in [6, 6.07) is 5.57. The van der Waals surface area contributed by atoms with Crippen LogP contribution in [-0.2, 0) is 16.0 Å². The Kier molecular flexibility index (Phi) is 5.94. The summed E-state index contributed by atoms with van der Waals surface area (Å²) in [5.74, 6) is 0.0609. The molecule has 0 aliphatic heterocycles. The summed E-state index contributed by atoms with van der Waals surface area (Å²) >= 11 is 0. The van der Waals surface area contributed by atoms with E-state index in [2.05, 4.69) is 9.88 Å². The number of fused-ring (bicyclic) bond motifs is 1. The number of ether oxygens (including phenoxy) is 2. The summed E-state index contributed by atoms with van der Waals surface area (Å²) in [5.41, 5.74) is 2.05. The van der Waals surface area contributed by atoms with E-state index in [9.17, 15) is 4.79 Å². The van der Waals surface area contributed by atoms with Crippen LogP contribution >= 0.6 is 0 Å². The van der Waals surface area contributed by atoms with Crippen LogP contribution in [0.5, 0.6) is 5.75 Å². The largest absolute Gasteiger partial charge is 0.424 e. The van der Waals surface area contributed by atoms with E-state index in [0.717, 1.165) is 29.4 Å². The molecule has 2 aromatic rings. The van der Waals surface area contributed by atoms with Crippen molar-refractivity contribution in [3.63, 3.8) is 0 Å². The van der Waals surface area contributed by atoms with Gasteiger partial charge >= 0.3 is 5.97 Å².